The maximum Gasteiger partial charge on any atom is 0.201 e. The fourth-order valence-electron chi connectivity index (χ4n) is 2.31. The van der Waals surface area contributed by atoms with E-state index >= 15 is 0 Å². The molecule has 2 N–H and O–H groups in total. The van der Waals surface area contributed by atoms with Crippen LogP contribution in [0.25, 0.3) is 11.0 Å². The van der Waals surface area contributed by atoms with Gasteiger partial charge in [0.05, 0.1) is 16.1 Å². The zero-order chi connectivity index (χ0) is 15.0. The first kappa shape index (κ1) is 13.8. The first-order chi connectivity index (χ1) is 10.1. The van der Waals surface area contributed by atoms with E-state index in [-0.39, 0.29) is 16.8 Å². The van der Waals surface area contributed by atoms with Gasteiger partial charge in [0.15, 0.2) is 0 Å². The second-order valence-corrected chi connectivity index (χ2v) is 5.13. The van der Waals surface area contributed by atoms with Crippen LogP contribution in [0.2, 0.25) is 5.02 Å². The van der Waals surface area contributed by atoms with Crippen molar-refractivity contribution < 1.29 is 8.78 Å². The zero-order valence-corrected chi connectivity index (χ0v) is 11.7. The lowest BCUT2D eigenvalue weighted by Gasteiger charge is -2.07. The monoisotopic (exact) mass is 307 g/mol. The Morgan fingerprint density at radius 1 is 1.14 bits per heavy atom. The Kier molecular flexibility index (Phi) is 3.51. The number of hydrogen-bond acceptors (Lipinski definition) is 2. The van der Waals surface area contributed by atoms with E-state index in [0.29, 0.717) is 29.6 Å². The number of nitrogen functional groups attached to an aromatic ring is 1. The molecular weight excluding hydrogens is 296 g/mol. The summed E-state index contributed by atoms with van der Waals surface area (Å²) < 4.78 is 28.9. The fourth-order valence-corrected chi connectivity index (χ4v) is 2.47. The number of imidazole rings is 1. The molecule has 0 aliphatic rings. The van der Waals surface area contributed by atoms with Gasteiger partial charge >= 0.3 is 0 Å². The van der Waals surface area contributed by atoms with Gasteiger partial charge in [0.25, 0.3) is 0 Å². The maximum absolute atomic E-state index is 13.6. The molecule has 0 spiro atoms. The van der Waals surface area contributed by atoms with E-state index in [4.69, 9.17) is 17.3 Å². The number of benzene rings is 2. The number of nitrogens with zero attached hydrogens (tertiary/aromatic N) is 2. The third kappa shape index (κ3) is 2.56. The summed E-state index contributed by atoms with van der Waals surface area (Å²) in [6, 6.07) is 9.25. The lowest BCUT2D eigenvalue weighted by molar-refractivity contribution is 0.596. The number of anilines is 1. The predicted molar refractivity (Wildman–Crippen MR) is 79.2 cm³/mol. The van der Waals surface area contributed by atoms with E-state index in [9.17, 15) is 8.78 Å². The minimum atomic E-state index is -0.531. The average molecular weight is 308 g/mol. The summed E-state index contributed by atoms with van der Waals surface area (Å²) in [5.74, 6) is -0.547. The molecule has 3 aromatic rings. The molecule has 108 valence electrons. The number of fused-ring (bicyclic) bond motifs is 1. The highest BCUT2D eigenvalue weighted by molar-refractivity contribution is 6.31. The number of rotatable bonds is 3. The largest absolute Gasteiger partial charge is 0.369 e. The quantitative estimate of drug-likeness (QED) is 0.800. The lowest BCUT2D eigenvalue weighted by Crippen LogP contribution is -2.06. The van der Waals surface area contributed by atoms with E-state index in [1.807, 2.05) is 0 Å². The molecule has 3 rings (SSSR count). The van der Waals surface area contributed by atoms with Crippen molar-refractivity contribution in [1.29, 1.82) is 0 Å². The fraction of sp³-hybridized carbons (Fsp3) is 0.133. The molecule has 1 aromatic heterocycles. The van der Waals surface area contributed by atoms with Gasteiger partial charge in [0, 0.05) is 12.6 Å². The molecule has 0 saturated carbocycles. The van der Waals surface area contributed by atoms with Crippen LogP contribution >= 0.6 is 11.6 Å². The summed E-state index contributed by atoms with van der Waals surface area (Å²) in [5.41, 5.74) is 7.49. The van der Waals surface area contributed by atoms with Crippen LogP contribution in [0.5, 0.6) is 0 Å². The summed E-state index contributed by atoms with van der Waals surface area (Å²) >= 11 is 5.73. The molecule has 0 atom stereocenters. The Labute approximate surface area is 125 Å². The Balaban J connectivity index is 1.95. The first-order valence-corrected chi connectivity index (χ1v) is 6.78. The normalized spacial score (nSPS) is 11.2. The number of aryl methyl sites for hydroxylation is 2. The molecule has 3 nitrogen and oxygen atoms in total. The zero-order valence-electron chi connectivity index (χ0n) is 11.0. The van der Waals surface area contributed by atoms with Gasteiger partial charge in [-0.25, -0.2) is 13.8 Å². The SMILES string of the molecule is Nc1nc2cc(Cl)c(F)cc2n1CCc1ccccc1F. The molecule has 0 radical (unpaired) electrons. The van der Waals surface area contributed by atoms with Gasteiger partial charge in [-0.1, -0.05) is 29.8 Å². The number of aromatic nitrogens is 2. The molecule has 0 aliphatic carbocycles. The number of hydrogen-bond donors (Lipinski definition) is 1. The van der Waals surface area contributed by atoms with Crippen LogP contribution in [-0.4, -0.2) is 9.55 Å². The topological polar surface area (TPSA) is 43.8 Å². The van der Waals surface area contributed by atoms with Crippen LogP contribution in [0, 0.1) is 11.6 Å². The number of halogens is 3. The molecule has 6 heteroatoms. The van der Waals surface area contributed by atoms with Crippen LogP contribution < -0.4 is 5.73 Å². The van der Waals surface area contributed by atoms with Gasteiger partial charge < -0.3 is 10.3 Å². The maximum atomic E-state index is 13.6. The van der Waals surface area contributed by atoms with Gasteiger partial charge in [-0.05, 0) is 24.1 Å². The van der Waals surface area contributed by atoms with Crippen LogP contribution in [0.4, 0.5) is 14.7 Å². The van der Waals surface area contributed by atoms with Crippen molar-refractivity contribution in [3.63, 3.8) is 0 Å². The van der Waals surface area contributed by atoms with Gasteiger partial charge in [-0.2, -0.15) is 0 Å². The smallest absolute Gasteiger partial charge is 0.201 e. The molecule has 0 amide bonds. The molecular formula is C15H12ClF2N3. The van der Waals surface area contributed by atoms with Crippen LogP contribution in [-0.2, 0) is 13.0 Å². The van der Waals surface area contributed by atoms with E-state index in [1.54, 1.807) is 22.8 Å². The third-order valence-electron chi connectivity index (χ3n) is 3.38. The molecule has 0 bridgehead atoms. The van der Waals surface area contributed by atoms with Crippen molar-refractivity contribution in [2.45, 2.75) is 13.0 Å². The molecule has 0 saturated heterocycles. The van der Waals surface area contributed by atoms with E-state index in [2.05, 4.69) is 4.98 Å². The van der Waals surface area contributed by atoms with Crippen LogP contribution in [0.15, 0.2) is 36.4 Å². The molecule has 1 heterocycles. The van der Waals surface area contributed by atoms with Crippen molar-refractivity contribution in [2.24, 2.45) is 0 Å². The highest BCUT2D eigenvalue weighted by atomic mass is 35.5. The van der Waals surface area contributed by atoms with E-state index in [0.717, 1.165) is 0 Å². The minimum Gasteiger partial charge on any atom is -0.369 e. The molecule has 0 aliphatic heterocycles. The second-order valence-electron chi connectivity index (χ2n) is 4.72. The highest BCUT2D eigenvalue weighted by Gasteiger charge is 2.12. The number of nitrogens with two attached hydrogens (primary N) is 1. The van der Waals surface area contributed by atoms with Gasteiger partial charge in [0.2, 0.25) is 5.95 Å². The molecule has 2 aromatic carbocycles. The van der Waals surface area contributed by atoms with Crippen molar-refractivity contribution in [1.82, 2.24) is 9.55 Å². The lowest BCUT2D eigenvalue weighted by atomic mass is 10.1. The van der Waals surface area contributed by atoms with E-state index < -0.39 is 5.82 Å². The van der Waals surface area contributed by atoms with Crippen molar-refractivity contribution in [3.05, 3.63) is 58.6 Å². The standard InChI is InChI=1S/C15H12ClF2N3/c16-10-7-13-14(8-12(10)18)21(15(19)20-13)6-5-9-3-1-2-4-11(9)17/h1-4,7-8H,5-6H2,(H2,19,20). The van der Waals surface area contributed by atoms with Crippen LogP contribution in [0.1, 0.15) is 5.56 Å². The molecule has 0 fully saturated rings. The average Bonchev–Trinajstić information content (AvgIpc) is 2.74. The van der Waals surface area contributed by atoms with E-state index in [1.165, 1.54) is 18.2 Å². The van der Waals surface area contributed by atoms with Crippen molar-refractivity contribution in [2.75, 3.05) is 5.73 Å². The summed E-state index contributed by atoms with van der Waals surface area (Å²) in [4.78, 5) is 4.15. The first-order valence-electron chi connectivity index (χ1n) is 6.40. The Bertz CT molecular complexity index is 814. The van der Waals surface area contributed by atoms with Crippen molar-refractivity contribution >= 4 is 28.6 Å². The van der Waals surface area contributed by atoms with Gasteiger partial charge in [-0.3, -0.25) is 0 Å². The van der Waals surface area contributed by atoms with Gasteiger partial charge in [-0.15, -0.1) is 0 Å². The summed E-state index contributed by atoms with van der Waals surface area (Å²) in [6.45, 7) is 0.407. The summed E-state index contributed by atoms with van der Waals surface area (Å²) in [5, 5.41) is 0.00116. The Morgan fingerprint density at radius 2 is 1.90 bits per heavy atom. The third-order valence-corrected chi connectivity index (χ3v) is 3.67. The minimum absolute atomic E-state index is 0.00116. The molecule has 21 heavy (non-hydrogen) atoms. The molecule has 0 unspecified atom stereocenters. The summed E-state index contributed by atoms with van der Waals surface area (Å²) in [6.07, 6.45) is 0.437. The Morgan fingerprint density at radius 3 is 2.67 bits per heavy atom. The van der Waals surface area contributed by atoms with Gasteiger partial charge in [0.1, 0.15) is 11.6 Å². The summed E-state index contributed by atoms with van der Waals surface area (Å²) in [7, 11) is 0. The van der Waals surface area contributed by atoms with Crippen LogP contribution in [0.3, 0.4) is 0 Å². The Hall–Kier alpha value is -2.14. The van der Waals surface area contributed by atoms with Crippen molar-refractivity contribution in [3.8, 4) is 0 Å². The second kappa shape index (κ2) is 5.33. The highest BCUT2D eigenvalue weighted by Crippen LogP contribution is 2.25. The predicted octanol–water partition coefficient (Wildman–Crippen LogP) is 3.79.